The average molecular weight is 596 g/mol. The van der Waals surface area contributed by atoms with E-state index in [-0.39, 0.29) is 23.7 Å². The molecule has 3 aromatic carbocycles. The van der Waals surface area contributed by atoms with Crippen molar-refractivity contribution in [3.05, 3.63) is 91.0 Å². The van der Waals surface area contributed by atoms with E-state index in [1.165, 1.54) is 20.2 Å². The summed E-state index contributed by atoms with van der Waals surface area (Å²) in [6.45, 7) is 7.56. The predicted molar refractivity (Wildman–Crippen MR) is 157 cm³/mol. The molecule has 5 rings (SSSR count). The van der Waals surface area contributed by atoms with Crippen molar-refractivity contribution in [2.75, 3.05) is 13.7 Å². The van der Waals surface area contributed by atoms with Crippen LogP contribution in [-0.4, -0.2) is 55.7 Å². The Labute approximate surface area is 235 Å². The summed E-state index contributed by atoms with van der Waals surface area (Å²) in [5, 5.41) is 3.73. The fraction of sp³-hybridized carbons (Fsp3) is 0.438. The summed E-state index contributed by atoms with van der Waals surface area (Å²) in [4.78, 5) is 0. The maximum absolute atomic E-state index is 7.30. The summed E-state index contributed by atoms with van der Waals surface area (Å²) in [6, 6.07) is 32.6. The Morgan fingerprint density at radius 3 is 1.97 bits per heavy atom. The molecule has 202 valence electrons. The zero-order chi connectivity index (χ0) is 26.6. The number of hydrogen-bond donors (Lipinski definition) is 0. The van der Waals surface area contributed by atoms with Crippen LogP contribution in [0.1, 0.15) is 33.6 Å². The molecule has 0 aliphatic carbocycles. The molecule has 0 N–H and O–H groups in total. The minimum atomic E-state index is -2.63. The van der Waals surface area contributed by atoms with E-state index in [0.29, 0.717) is 33.4 Å². The maximum atomic E-state index is 7.30. The molecule has 0 aromatic heterocycles. The van der Waals surface area contributed by atoms with Gasteiger partial charge in [0.1, 0.15) is 0 Å². The van der Waals surface area contributed by atoms with E-state index in [0.717, 1.165) is 12.8 Å². The zero-order valence-corrected chi connectivity index (χ0v) is 25.6. The first kappa shape index (κ1) is 27.8. The molecule has 0 unspecified atom stereocenters. The molecular weight excluding hydrogens is 555 g/mol. The van der Waals surface area contributed by atoms with Crippen LogP contribution in [-0.2, 0) is 18.6 Å². The Balaban J connectivity index is 1.40. The number of ether oxygens (including phenoxy) is 3. The average Bonchev–Trinajstić information content (AvgIpc) is 3.48. The van der Waals surface area contributed by atoms with Crippen molar-refractivity contribution < 1.29 is 18.6 Å². The Bertz CT molecular complexity index is 1100. The third-order valence-corrected chi connectivity index (χ3v) is 15.2. The fourth-order valence-electron chi connectivity index (χ4n) is 6.21. The van der Waals surface area contributed by atoms with E-state index >= 15 is 0 Å². The van der Waals surface area contributed by atoms with Crippen molar-refractivity contribution in [2.24, 2.45) is 11.8 Å². The first-order valence-corrected chi connectivity index (χ1v) is 17.7. The van der Waals surface area contributed by atoms with Gasteiger partial charge in [-0.25, -0.2) is 0 Å². The van der Waals surface area contributed by atoms with E-state index in [4.69, 9.17) is 18.6 Å². The van der Waals surface area contributed by atoms with Crippen molar-refractivity contribution in [1.82, 2.24) is 0 Å². The quantitative estimate of drug-likeness (QED) is 0.317. The molecule has 6 heteroatoms. The third kappa shape index (κ3) is 5.73. The summed E-state index contributed by atoms with van der Waals surface area (Å²) < 4.78 is 27.1. The molecule has 38 heavy (non-hydrogen) atoms. The van der Waals surface area contributed by atoms with Gasteiger partial charge in [-0.2, -0.15) is 0 Å². The van der Waals surface area contributed by atoms with Crippen LogP contribution in [0.4, 0.5) is 0 Å². The normalized spacial score (nSPS) is 25.4. The first-order valence-electron chi connectivity index (χ1n) is 13.7. The number of hydrogen-bond acceptors (Lipinski definition) is 4. The third-order valence-electron chi connectivity index (χ3n) is 8.04. The molecule has 0 saturated carbocycles. The molecule has 4 nitrogen and oxygen atoms in total. The van der Waals surface area contributed by atoms with Crippen LogP contribution in [0.3, 0.4) is 0 Å². The van der Waals surface area contributed by atoms with Gasteiger partial charge in [0.05, 0.1) is 0 Å². The monoisotopic (exact) mass is 596 g/mol. The number of rotatable bonds is 10. The van der Waals surface area contributed by atoms with Gasteiger partial charge < -0.3 is 0 Å². The van der Waals surface area contributed by atoms with E-state index < -0.39 is 8.32 Å². The predicted octanol–water partition coefficient (Wildman–Crippen LogP) is 4.75. The molecule has 0 amide bonds. The van der Waals surface area contributed by atoms with Gasteiger partial charge >= 0.3 is 236 Å². The molecule has 2 heterocycles. The second kappa shape index (κ2) is 12.2. The van der Waals surface area contributed by atoms with Crippen molar-refractivity contribution >= 4 is 38.1 Å². The molecular formula is C32H40O4SeSi. The summed E-state index contributed by atoms with van der Waals surface area (Å²) in [6.07, 6.45) is 1.63. The Kier molecular flexibility index (Phi) is 8.91. The van der Waals surface area contributed by atoms with Crippen LogP contribution in [0.15, 0.2) is 91.0 Å². The molecule has 2 aliphatic rings. The van der Waals surface area contributed by atoms with Gasteiger partial charge in [0.15, 0.2) is 0 Å². The van der Waals surface area contributed by atoms with Gasteiger partial charge in [-0.3, -0.25) is 0 Å². The van der Waals surface area contributed by atoms with Gasteiger partial charge in [-0.1, -0.05) is 0 Å². The summed E-state index contributed by atoms with van der Waals surface area (Å²) in [7, 11) is -0.904. The van der Waals surface area contributed by atoms with Crippen LogP contribution in [0, 0.1) is 11.8 Å². The van der Waals surface area contributed by atoms with Crippen LogP contribution >= 0.6 is 0 Å². The summed E-state index contributed by atoms with van der Waals surface area (Å²) in [5.41, 5.74) is 0. The van der Waals surface area contributed by atoms with Crippen LogP contribution in [0.2, 0.25) is 10.4 Å². The number of fused-ring (bicyclic) bond motifs is 1. The van der Waals surface area contributed by atoms with Crippen molar-refractivity contribution in [1.29, 1.82) is 0 Å². The standard InChI is InChI=1S/C32H40O4SeSi/c1-32(2,3)38(25-16-10-6-11-17-25,26-18-12-7-13-19-26)34-23-29-27(20-21-37-24-14-8-5-9-15-24)28-22-30(33-4)36-31(28)35-29/h5-19,27-31H,20-23H2,1-4H3/t27-,28+,29+,30+,31+/m0/s1. The SMILES string of the molecule is CO[C@H]1C[C@H]2[C@@H](O1)O[C@H](CO[Si](c1ccccc1)(c1ccccc1)C(C)(C)C)[C@H]2CC[Se]c1ccccc1. The van der Waals surface area contributed by atoms with Crippen LogP contribution in [0.5, 0.6) is 0 Å². The van der Waals surface area contributed by atoms with Crippen LogP contribution < -0.4 is 14.8 Å². The molecule has 5 atom stereocenters. The second-order valence-corrected chi connectivity index (χ2v) is 18.1. The second-order valence-electron chi connectivity index (χ2n) is 11.3. The van der Waals surface area contributed by atoms with Gasteiger partial charge in [0, 0.05) is 0 Å². The van der Waals surface area contributed by atoms with Crippen molar-refractivity contribution in [2.45, 2.75) is 62.7 Å². The topological polar surface area (TPSA) is 36.9 Å². The van der Waals surface area contributed by atoms with Gasteiger partial charge in [-0.15, -0.1) is 0 Å². The Morgan fingerprint density at radius 2 is 1.42 bits per heavy atom. The van der Waals surface area contributed by atoms with Gasteiger partial charge in [0.25, 0.3) is 0 Å². The van der Waals surface area contributed by atoms with E-state index in [1.807, 2.05) is 0 Å². The first-order chi connectivity index (χ1) is 18.4. The minimum absolute atomic E-state index is 0.0102. The molecule has 0 bridgehead atoms. The van der Waals surface area contributed by atoms with Gasteiger partial charge in [0.2, 0.25) is 0 Å². The zero-order valence-electron chi connectivity index (χ0n) is 22.9. The summed E-state index contributed by atoms with van der Waals surface area (Å²) >= 11 is 0.447. The Hall–Kier alpha value is -1.76. The summed E-state index contributed by atoms with van der Waals surface area (Å²) in [5.74, 6) is 0.739. The molecule has 0 radical (unpaired) electrons. The Morgan fingerprint density at radius 1 is 0.842 bits per heavy atom. The molecule has 2 aliphatic heterocycles. The fourth-order valence-corrected chi connectivity index (χ4v) is 12.8. The van der Waals surface area contributed by atoms with Crippen molar-refractivity contribution in [3.63, 3.8) is 0 Å². The molecule has 2 fully saturated rings. The van der Waals surface area contributed by atoms with E-state index in [9.17, 15) is 0 Å². The number of methoxy groups -OCH3 is 1. The molecule has 2 saturated heterocycles. The number of benzene rings is 3. The van der Waals surface area contributed by atoms with E-state index in [2.05, 4.69) is 112 Å². The molecule has 0 spiro atoms. The van der Waals surface area contributed by atoms with Crippen molar-refractivity contribution in [3.8, 4) is 0 Å². The van der Waals surface area contributed by atoms with E-state index in [1.54, 1.807) is 7.11 Å². The molecule has 3 aromatic rings. The van der Waals surface area contributed by atoms with Crippen LogP contribution in [0.25, 0.3) is 0 Å². The van der Waals surface area contributed by atoms with Gasteiger partial charge in [-0.05, 0) is 0 Å².